The molecule has 3 N–H and O–H groups in total. The molecule has 4 heterocycles. The van der Waals surface area contributed by atoms with Crippen LogP contribution >= 0.6 is 0 Å². The van der Waals surface area contributed by atoms with Gasteiger partial charge in [-0.15, -0.1) is 0 Å². The monoisotopic (exact) mass is 1510 g/mol. The number of cyclic esters (lactones) is 2. The van der Waals surface area contributed by atoms with Crippen molar-refractivity contribution in [3.63, 3.8) is 0 Å². The molecular weight excluding hydrogens is 1390 g/mol. The molecule has 108 heavy (non-hydrogen) atoms. The van der Waals surface area contributed by atoms with Gasteiger partial charge in [0.2, 0.25) is 11.6 Å². The number of unbranched alkanes of at least 4 members (excludes halogenated alkanes) is 3. The molecule has 24 heteroatoms. The molecule has 2 bridgehead atoms. The minimum Gasteiger partial charge on any atom is -0.504 e. The van der Waals surface area contributed by atoms with Crippen molar-refractivity contribution in [3.8, 4) is 0 Å². The van der Waals surface area contributed by atoms with E-state index in [9.17, 15) is 63.3 Å². The lowest BCUT2D eigenvalue weighted by Gasteiger charge is -2.53. The molecular formula is C84H122N2O22. The Hall–Kier alpha value is -6.80. The van der Waals surface area contributed by atoms with Crippen LogP contribution < -0.4 is 0 Å². The number of allylic oxidation sites excluding steroid dienone is 7. The first-order valence-electron chi connectivity index (χ1n) is 39.6. The number of piperidine rings is 1. The van der Waals surface area contributed by atoms with Gasteiger partial charge in [0.25, 0.3) is 11.7 Å². The molecule has 3 saturated heterocycles. The van der Waals surface area contributed by atoms with Crippen molar-refractivity contribution in [1.82, 2.24) is 9.80 Å². The van der Waals surface area contributed by atoms with Gasteiger partial charge in [0, 0.05) is 133 Å². The van der Waals surface area contributed by atoms with Crippen LogP contribution in [-0.4, -0.2) is 205 Å². The number of aliphatic hydroxyl groups excluding tert-OH is 2. The SMILES string of the molecule is CCN(/C=C1/C(=O)O[C@H](COC)[C@@]2(C)C1=C(O)C(=O)C1=C2[C@H](OC(=O)CCCCCCC(=O)O[C@@H]2/C(C)=C/[C@@H](C)C(=O)C[C@@H]([C@H](C)C[C@@H]3CC[C@@H](O)[C@H](OC)C3)OC(=O)[C@@H]3CCCCN3C(=O)C(=O)[C@]3(O)O[C@@H](CC[C@H]3C)C[C@H](OC)/C(C)=C/C=C/C=C/[C@@H](C)C[C@@H](C)C(=O)[C@@H]2OC)C[C@]2(C)C(=O)CC[C@@H]12)CC. The topological polar surface area (TPSA) is 321 Å². The lowest BCUT2D eigenvalue weighted by molar-refractivity contribution is -0.265. The second kappa shape index (κ2) is 38.4. The molecule has 0 unspecified atom stereocenters. The van der Waals surface area contributed by atoms with Crippen LogP contribution in [0.1, 0.15) is 211 Å². The summed E-state index contributed by atoms with van der Waals surface area (Å²) in [6.45, 7) is 20.8. The van der Waals surface area contributed by atoms with Crippen LogP contribution in [0.25, 0.3) is 0 Å². The van der Waals surface area contributed by atoms with Crippen LogP contribution in [0.4, 0.5) is 0 Å². The summed E-state index contributed by atoms with van der Waals surface area (Å²) >= 11 is 0. The van der Waals surface area contributed by atoms with Crippen molar-refractivity contribution in [2.75, 3.05) is 54.7 Å². The largest absolute Gasteiger partial charge is 0.504 e. The van der Waals surface area contributed by atoms with Gasteiger partial charge in [0.05, 0.1) is 42.0 Å². The summed E-state index contributed by atoms with van der Waals surface area (Å²) in [5, 5.41) is 34.9. The van der Waals surface area contributed by atoms with Crippen molar-refractivity contribution < 1.29 is 106 Å². The molecule has 0 radical (unpaired) electrons. The highest BCUT2D eigenvalue weighted by molar-refractivity contribution is 6.39. The summed E-state index contributed by atoms with van der Waals surface area (Å²) in [4.78, 5) is 148. The van der Waals surface area contributed by atoms with Gasteiger partial charge in [-0.1, -0.05) is 90.8 Å². The number of methoxy groups -OCH3 is 4. The lowest BCUT2D eigenvalue weighted by Crippen LogP contribution is -2.61. The van der Waals surface area contributed by atoms with Gasteiger partial charge in [-0.05, 0) is 153 Å². The predicted molar refractivity (Wildman–Crippen MR) is 400 cm³/mol. The number of hydrogen-bond acceptors (Lipinski definition) is 23. The van der Waals surface area contributed by atoms with Crippen molar-refractivity contribution >= 4 is 58.7 Å². The lowest BCUT2D eigenvalue weighted by atomic mass is 9.53. The molecule has 0 aromatic carbocycles. The van der Waals surface area contributed by atoms with E-state index in [0.717, 1.165) is 10.5 Å². The zero-order valence-electron chi connectivity index (χ0n) is 66.5. The fourth-order valence-electron chi connectivity index (χ4n) is 18.0. The summed E-state index contributed by atoms with van der Waals surface area (Å²) in [5.41, 5.74) is -0.700. The van der Waals surface area contributed by atoms with Gasteiger partial charge in [-0.2, -0.15) is 0 Å². The highest BCUT2D eigenvalue weighted by Crippen LogP contribution is 2.62. The number of esters is 4. The number of Topliss-reactive ketones (excluding diaryl/α,β-unsaturated/α-hetero) is 5. The molecule has 0 aromatic rings. The van der Waals surface area contributed by atoms with E-state index < -0.39 is 154 Å². The normalized spacial score (nSPS) is 36.8. The van der Waals surface area contributed by atoms with E-state index >= 15 is 0 Å². The first-order valence-corrected chi connectivity index (χ1v) is 39.6. The fraction of sp³-hybridized carbons (Fsp3) is 0.714. The molecule has 0 aromatic heterocycles. The quantitative estimate of drug-likeness (QED) is 0.0255. The summed E-state index contributed by atoms with van der Waals surface area (Å²) in [6.07, 6.45) is 11.1. The average Bonchev–Trinajstić information content (AvgIpc) is 1.16. The van der Waals surface area contributed by atoms with Gasteiger partial charge in [0.15, 0.2) is 23.8 Å². The Balaban J connectivity index is 1.01. The Labute approximate surface area is 638 Å². The van der Waals surface area contributed by atoms with E-state index in [2.05, 4.69) is 0 Å². The number of amides is 1. The molecule has 8 rings (SSSR count). The Bertz CT molecular complexity index is 3520. The Morgan fingerprint density at radius 3 is 2.13 bits per heavy atom. The number of ketones is 5. The van der Waals surface area contributed by atoms with E-state index in [0.29, 0.717) is 114 Å². The number of hydrogen-bond donors (Lipinski definition) is 3. The number of fused-ring (bicyclic) bond motifs is 7. The van der Waals surface area contributed by atoms with Gasteiger partial charge >= 0.3 is 23.9 Å². The fourth-order valence-corrected chi connectivity index (χ4v) is 18.0. The minimum absolute atomic E-state index is 0.00216. The van der Waals surface area contributed by atoms with Crippen molar-refractivity contribution in [1.29, 1.82) is 0 Å². The van der Waals surface area contributed by atoms with E-state index in [1.165, 1.54) is 14.2 Å². The molecule has 20 atom stereocenters. The molecule has 4 aliphatic heterocycles. The van der Waals surface area contributed by atoms with Crippen molar-refractivity contribution in [2.24, 2.45) is 52.3 Å². The molecule has 600 valence electrons. The maximum absolute atomic E-state index is 14.9. The molecule has 4 aliphatic carbocycles. The number of nitrogens with zero attached hydrogens (tertiary/aromatic N) is 2. The molecule has 24 nitrogen and oxygen atoms in total. The summed E-state index contributed by atoms with van der Waals surface area (Å²) in [5.74, 6) is -13.1. The Morgan fingerprint density at radius 2 is 1.47 bits per heavy atom. The number of carbonyl (C=O) groups excluding carboxylic acids is 10. The first kappa shape index (κ1) is 86.8. The second-order valence-electron chi connectivity index (χ2n) is 32.3. The zero-order valence-corrected chi connectivity index (χ0v) is 66.5. The van der Waals surface area contributed by atoms with Gasteiger partial charge in [-0.3, -0.25) is 38.4 Å². The standard InChI is InChI=1S/C84H122N2O22/c1-16-85(17-2)46-57-71-75(94)74(93)70-58-35-37-66(89)82(58,10)45-65(72(70)83(71,11)67(47-100-12)106-80(57)97)104-68(90)30-23-18-19-24-31-69(91)107-76-53(8)40-50(5)61(88)44-63(51(6)41-55-33-36-60(87)64(42-55)102-14)105-81(98)59-29-25-26-38-86(59)79(96)78(95)84(99)54(9)32-34-56(108-84)43-62(101-13)49(4)28-22-20-21-27-48(3)39-52(7)73(92)77(76)103-15/h20-22,27-28,40,46,48,50-52,54-56,58-60,62-65,67,76-77,87,94,99H,16-19,23-26,29-39,41-45,47H2,1-15H3/b22-20+,27-21+,49-28+,53-40+,57-46+/t48-,50-,51-,52-,54-,55+,56+,58+,59+,60-,62+,63+,64-,65-,67-,76-,77+,82+,83+,84-/m1/s1. The van der Waals surface area contributed by atoms with E-state index in [1.807, 2.05) is 69.9 Å². The van der Waals surface area contributed by atoms with Crippen molar-refractivity contribution in [2.45, 2.75) is 278 Å². The van der Waals surface area contributed by atoms with Crippen LogP contribution in [-0.2, 0) is 90.6 Å². The molecule has 8 aliphatic rings. The van der Waals surface area contributed by atoms with E-state index in [-0.39, 0.29) is 104 Å². The van der Waals surface area contributed by atoms with Gasteiger partial charge < -0.3 is 67.8 Å². The highest BCUT2D eigenvalue weighted by Gasteiger charge is 2.65. The maximum Gasteiger partial charge on any atom is 0.340 e. The van der Waals surface area contributed by atoms with Crippen molar-refractivity contribution in [3.05, 3.63) is 81.9 Å². The molecule has 5 fully saturated rings. The predicted octanol–water partition coefficient (Wildman–Crippen LogP) is 10.9. The van der Waals surface area contributed by atoms with Crippen LogP contribution in [0.3, 0.4) is 0 Å². The number of carbonyl (C=O) groups is 10. The third-order valence-corrected chi connectivity index (χ3v) is 24.7. The summed E-state index contributed by atoms with van der Waals surface area (Å²) in [7, 11) is 5.91. The van der Waals surface area contributed by atoms with E-state index in [4.69, 9.17) is 42.6 Å². The van der Waals surface area contributed by atoms with Crippen LogP contribution in [0.5, 0.6) is 0 Å². The van der Waals surface area contributed by atoms with E-state index in [1.54, 1.807) is 68.0 Å². The smallest absolute Gasteiger partial charge is 0.340 e. The van der Waals surface area contributed by atoms with Gasteiger partial charge in [0.1, 0.15) is 35.9 Å². The maximum atomic E-state index is 14.9. The zero-order chi connectivity index (χ0) is 79.3. The minimum atomic E-state index is -2.50. The Kier molecular flexibility index (Phi) is 30.9. The van der Waals surface area contributed by atoms with Crippen LogP contribution in [0, 0.1) is 52.3 Å². The highest BCUT2D eigenvalue weighted by atomic mass is 16.6. The first-order chi connectivity index (χ1) is 51.3. The number of aliphatic hydroxyl groups is 3. The summed E-state index contributed by atoms with van der Waals surface area (Å²) in [6, 6.07) is -1.23. The number of ether oxygens (including phenoxy) is 9. The number of rotatable bonds is 20. The third-order valence-electron chi connectivity index (χ3n) is 24.7. The van der Waals surface area contributed by atoms with Gasteiger partial charge in [-0.25, -0.2) is 9.59 Å². The average molecular weight is 1510 g/mol. The van der Waals surface area contributed by atoms with Crippen LogP contribution in [0.2, 0.25) is 0 Å². The molecule has 0 spiro atoms. The third kappa shape index (κ3) is 19.6. The van der Waals surface area contributed by atoms with Crippen LogP contribution in [0.15, 0.2) is 81.9 Å². The second-order valence-corrected chi connectivity index (χ2v) is 32.3. The summed E-state index contributed by atoms with van der Waals surface area (Å²) < 4.78 is 54.6. The Morgan fingerprint density at radius 1 is 0.778 bits per heavy atom. The molecule has 2 saturated carbocycles. The molecule has 1 amide bonds.